The lowest BCUT2D eigenvalue weighted by molar-refractivity contribution is 0.167. The van der Waals surface area contributed by atoms with Gasteiger partial charge in [-0.3, -0.25) is 4.90 Å². The molecule has 1 aromatic rings. The molecule has 2 heterocycles. The molecule has 1 fully saturated rings. The SMILES string of the molecule is CCc1nc(CN2CCC[C@H](CNS(C)(=O)=O)C2)c(C)[nH]1. The molecule has 6 nitrogen and oxygen atoms in total. The summed E-state index contributed by atoms with van der Waals surface area (Å²) in [7, 11) is -3.09. The number of H-pyrrole nitrogens is 1. The standard InChI is InChI=1S/C14H26N4O2S/c1-4-14-16-11(2)13(17-14)10-18-7-5-6-12(9-18)8-15-21(3,19)20/h12,15H,4-10H2,1-3H3,(H,16,17)/t12-/m1/s1. The Balaban J connectivity index is 1.90. The van der Waals surface area contributed by atoms with E-state index in [1.807, 2.05) is 0 Å². The first-order valence-corrected chi connectivity index (χ1v) is 9.48. The van der Waals surface area contributed by atoms with Gasteiger partial charge in [0.05, 0.1) is 11.9 Å². The lowest BCUT2D eigenvalue weighted by Gasteiger charge is -2.32. The van der Waals surface area contributed by atoms with E-state index in [9.17, 15) is 8.42 Å². The molecule has 0 amide bonds. The average Bonchev–Trinajstić information content (AvgIpc) is 2.77. The van der Waals surface area contributed by atoms with Crippen LogP contribution in [-0.4, -0.2) is 49.2 Å². The van der Waals surface area contributed by atoms with Gasteiger partial charge in [-0.2, -0.15) is 0 Å². The molecule has 0 radical (unpaired) electrons. The molecule has 0 saturated carbocycles. The van der Waals surface area contributed by atoms with Crippen molar-refractivity contribution in [2.45, 2.75) is 39.7 Å². The van der Waals surface area contributed by atoms with Gasteiger partial charge in [0.15, 0.2) is 0 Å². The molecule has 21 heavy (non-hydrogen) atoms. The summed E-state index contributed by atoms with van der Waals surface area (Å²) in [5.74, 6) is 1.42. The van der Waals surface area contributed by atoms with E-state index >= 15 is 0 Å². The Kier molecular flexibility index (Phi) is 5.40. The van der Waals surface area contributed by atoms with E-state index in [4.69, 9.17) is 0 Å². The minimum Gasteiger partial charge on any atom is -0.346 e. The van der Waals surface area contributed by atoms with Crippen molar-refractivity contribution in [1.29, 1.82) is 0 Å². The van der Waals surface area contributed by atoms with Crippen LogP contribution in [0, 0.1) is 12.8 Å². The summed E-state index contributed by atoms with van der Waals surface area (Å²) in [6, 6.07) is 0. The summed E-state index contributed by atoms with van der Waals surface area (Å²) in [6.45, 7) is 7.52. The Morgan fingerprint density at radius 3 is 2.86 bits per heavy atom. The van der Waals surface area contributed by atoms with Gasteiger partial charge < -0.3 is 4.98 Å². The maximum absolute atomic E-state index is 11.2. The van der Waals surface area contributed by atoms with Crippen molar-refractivity contribution in [2.24, 2.45) is 5.92 Å². The van der Waals surface area contributed by atoms with Crippen LogP contribution in [0.2, 0.25) is 0 Å². The van der Waals surface area contributed by atoms with E-state index in [1.165, 1.54) is 6.26 Å². The van der Waals surface area contributed by atoms with Gasteiger partial charge in [-0.25, -0.2) is 18.1 Å². The highest BCUT2D eigenvalue weighted by Gasteiger charge is 2.22. The van der Waals surface area contributed by atoms with Crippen LogP contribution >= 0.6 is 0 Å². The van der Waals surface area contributed by atoms with Gasteiger partial charge >= 0.3 is 0 Å². The number of sulfonamides is 1. The lowest BCUT2D eigenvalue weighted by Crippen LogP contribution is -2.40. The summed E-state index contributed by atoms with van der Waals surface area (Å²) < 4.78 is 25.0. The zero-order chi connectivity index (χ0) is 15.5. The number of nitrogens with one attached hydrogen (secondary N) is 2. The van der Waals surface area contributed by atoms with Crippen LogP contribution in [-0.2, 0) is 23.0 Å². The molecular weight excluding hydrogens is 288 g/mol. The largest absolute Gasteiger partial charge is 0.346 e. The molecule has 7 heteroatoms. The van der Waals surface area contributed by atoms with E-state index in [0.717, 1.165) is 56.1 Å². The maximum Gasteiger partial charge on any atom is 0.208 e. The summed E-state index contributed by atoms with van der Waals surface area (Å²) in [6.07, 6.45) is 4.33. The predicted octanol–water partition coefficient (Wildman–Crippen LogP) is 1.04. The summed E-state index contributed by atoms with van der Waals surface area (Å²) >= 11 is 0. The fourth-order valence-corrected chi connectivity index (χ4v) is 3.37. The fraction of sp³-hybridized carbons (Fsp3) is 0.786. The normalized spacial score (nSPS) is 20.8. The maximum atomic E-state index is 11.2. The van der Waals surface area contributed by atoms with Crippen molar-refractivity contribution >= 4 is 10.0 Å². The van der Waals surface area contributed by atoms with Crippen LogP contribution in [0.5, 0.6) is 0 Å². The van der Waals surface area contributed by atoms with Gasteiger partial charge in [-0.1, -0.05) is 6.92 Å². The number of likely N-dealkylation sites (tertiary alicyclic amines) is 1. The topological polar surface area (TPSA) is 78.1 Å². The second kappa shape index (κ2) is 6.89. The molecule has 1 aliphatic heterocycles. The quantitative estimate of drug-likeness (QED) is 0.822. The number of aryl methyl sites for hydroxylation is 2. The Hall–Kier alpha value is -0.920. The van der Waals surface area contributed by atoms with Gasteiger partial charge in [-0.15, -0.1) is 0 Å². The third-order valence-electron chi connectivity index (χ3n) is 3.98. The summed E-state index contributed by atoms with van der Waals surface area (Å²) in [4.78, 5) is 10.3. The third kappa shape index (κ3) is 5.09. The molecule has 1 saturated heterocycles. The first-order valence-electron chi connectivity index (χ1n) is 7.58. The number of imidazole rings is 1. The Bertz CT molecular complexity index is 568. The van der Waals surface area contributed by atoms with Crippen molar-refractivity contribution in [3.63, 3.8) is 0 Å². The molecule has 1 aromatic heterocycles. The van der Waals surface area contributed by atoms with E-state index in [1.54, 1.807) is 0 Å². The number of nitrogens with zero attached hydrogens (tertiary/aromatic N) is 2. The fourth-order valence-electron chi connectivity index (χ4n) is 2.83. The highest BCUT2D eigenvalue weighted by atomic mass is 32.2. The molecule has 0 spiro atoms. The summed E-state index contributed by atoms with van der Waals surface area (Å²) in [5, 5.41) is 0. The van der Waals surface area contributed by atoms with Crippen molar-refractivity contribution in [2.75, 3.05) is 25.9 Å². The molecule has 0 unspecified atom stereocenters. The van der Waals surface area contributed by atoms with E-state index in [2.05, 4.69) is 33.4 Å². The number of hydrogen-bond donors (Lipinski definition) is 2. The van der Waals surface area contributed by atoms with Gasteiger partial charge in [0.25, 0.3) is 0 Å². The minimum atomic E-state index is -3.09. The van der Waals surface area contributed by atoms with Crippen LogP contribution in [0.4, 0.5) is 0 Å². The zero-order valence-corrected chi connectivity index (χ0v) is 14.0. The lowest BCUT2D eigenvalue weighted by atomic mass is 9.98. The molecule has 120 valence electrons. The van der Waals surface area contributed by atoms with Crippen LogP contribution in [0.3, 0.4) is 0 Å². The Labute approximate surface area is 127 Å². The van der Waals surface area contributed by atoms with Crippen molar-refractivity contribution < 1.29 is 8.42 Å². The van der Waals surface area contributed by atoms with Crippen molar-refractivity contribution in [1.82, 2.24) is 19.6 Å². The van der Waals surface area contributed by atoms with Crippen molar-refractivity contribution in [3.05, 3.63) is 17.2 Å². The Morgan fingerprint density at radius 1 is 1.48 bits per heavy atom. The van der Waals surface area contributed by atoms with Crippen LogP contribution in [0.15, 0.2) is 0 Å². The third-order valence-corrected chi connectivity index (χ3v) is 4.67. The van der Waals surface area contributed by atoms with Crippen molar-refractivity contribution in [3.8, 4) is 0 Å². The minimum absolute atomic E-state index is 0.387. The molecule has 2 N–H and O–H groups in total. The molecule has 2 rings (SSSR count). The van der Waals surface area contributed by atoms with Gasteiger partial charge in [0, 0.05) is 31.7 Å². The Morgan fingerprint density at radius 2 is 2.24 bits per heavy atom. The van der Waals surface area contributed by atoms with Crippen LogP contribution < -0.4 is 4.72 Å². The van der Waals surface area contributed by atoms with E-state index in [0.29, 0.717) is 12.5 Å². The number of aromatic amines is 1. The number of rotatable bonds is 6. The average molecular weight is 314 g/mol. The number of hydrogen-bond acceptors (Lipinski definition) is 4. The highest BCUT2D eigenvalue weighted by Crippen LogP contribution is 2.19. The van der Waals surface area contributed by atoms with Crippen LogP contribution in [0.25, 0.3) is 0 Å². The molecule has 1 aliphatic rings. The van der Waals surface area contributed by atoms with Crippen LogP contribution in [0.1, 0.15) is 37.0 Å². The molecular formula is C14H26N4O2S. The monoisotopic (exact) mass is 314 g/mol. The second-order valence-corrected chi connectivity index (χ2v) is 7.81. The number of piperidine rings is 1. The van der Waals surface area contributed by atoms with Gasteiger partial charge in [0.1, 0.15) is 5.82 Å². The summed E-state index contributed by atoms with van der Waals surface area (Å²) in [5.41, 5.74) is 2.26. The van der Waals surface area contributed by atoms with Gasteiger partial charge in [0.2, 0.25) is 10.0 Å². The highest BCUT2D eigenvalue weighted by molar-refractivity contribution is 7.88. The zero-order valence-electron chi connectivity index (χ0n) is 13.1. The molecule has 0 bridgehead atoms. The predicted molar refractivity (Wildman–Crippen MR) is 83.6 cm³/mol. The molecule has 0 aliphatic carbocycles. The first kappa shape index (κ1) is 16.5. The first-order chi connectivity index (χ1) is 9.87. The van der Waals surface area contributed by atoms with E-state index in [-0.39, 0.29) is 0 Å². The van der Waals surface area contributed by atoms with Gasteiger partial charge in [-0.05, 0) is 32.2 Å². The smallest absolute Gasteiger partial charge is 0.208 e. The number of aromatic nitrogens is 2. The molecule has 0 aromatic carbocycles. The molecule has 1 atom stereocenters. The second-order valence-electron chi connectivity index (χ2n) is 5.97. The van der Waals surface area contributed by atoms with E-state index < -0.39 is 10.0 Å².